The summed E-state index contributed by atoms with van der Waals surface area (Å²) in [6.07, 6.45) is -7.20. The Morgan fingerprint density at radius 3 is 1.85 bits per heavy atom. The molecular formula is C35H40F2N2O9. The van der Waals surface area contributed by atoms with Crippen LogP contribution in [0.3, 0.4) is 0 Å². The average molecular weight is 671 g/mol. The van der Waals surface area contributed by atoms with Crippen molar-refractivity contribution >= 4 is 11.9 Å². The number of hydrogen-bond donors (Lipinski definition) is 1. The molecule has 6 atom stereocenters. The van der Waals surface area contributed by atoms with E-state index >= 15 is 8.78 Å². The minimum Gasteiger partial charge on any atom is -0.461 e. The van der Waals surface area contributed by atoms with E-state index in [1.807, 2.05) is 66.7 Å². The second-order valence-electron chi connectivity index (χ2n) is 11.4. The summed E-state index contributed by atoms with van der Waals surface area (Å²) in [6.45, 7) is 2.24. The van der Waals surface area contributed by atoms with Crippen molar-refractivity contribution in [2.75, 3.05) is 13.2 Å². The van der Waals surface area contributed by atoms with Crippen LogP contribution >= 0.6 is 0 Å². The van der Waals surface area contributed by atoms with Gasteiger partial charge in [-0.15, -0.1) is 0 Å². The van der Waals surface area contributed by atoms with Crippen LogP contribution in [0.4, 0.5) is 8.78 Å². The quantitative estimate of drug-likeness (QED) is 0.121. The highest BCUT2D eigenvalue weighted by Crippen LogP contribution is 2.38. The number of amides is 1. The summed E-state index contributed by atoms with van der Waals surface area (Å²) < 4.78 is 62.1. The first kappa shape index (κ1) is 36.5. The molecule has 4 rings (SSSR count). The summed E-state index contributed by atoms with van der Waals surface area (Å²) in [4.78, 5) is 35.5. The molecule has 0 aliphatic carbocycles. The first-order chi connectivity index (χ1) is 23.1. The molecule has 1 fully saturated rings. The first-order valence-corrected chi connectivity index (χ1v) is 15.6. The lowest BCUT2D eigenvalue weighted by atomic mass is 9.87. The normalized spacial score (nSPS) is 21.6. The van der Waals surface area contributed by atoms with E-state index in [0.29, 0.717) is 0 Å². The lowest BCUT2D eigenvalue weighted by Gasteiger charge is -2.48. The largest absolute Gasteiger partial charge is 0.461 e. The lowest BCUT2D eigenvalue weighted by Crippen LogP contribution is -2.69. The van der Waals surface area contributed by atoms with Gasteiger partial charge >= 0.3 is 12.0 Å². The SMILES string of the molecule is CCOC(=O)C(CC(F)(F)[C@H]1O[C@H](COCc2ccccc2)[C@H](OCc2ccccc2)[C@H](OCc2ccccc2)[C@H]1NC(C)=O)[N+](=O)[O-]. The molecule has 48 heavy (non-hydrogen) atoms. The van der Waals surface area contributed by atoms with Crippen molar-refractivity contribution in [2.24, 2.45) is 0 Å². The molecule has 11 nitrogen and oxygen atoms in total. The van der Waals surface area contributed by atoms with E-state index in [4.69, 9.17) is 23.7 Å². The molecule has 0 spiro atoms. The number of hydrogen-bond acceptors (Lipinski definition) is 9. The van der Waals surface area contributed by atoms with Crippen molar-refractivity contribution in [2.45, 2.75) is 82.5 Å². The van der Waals surface area contributed by atoms with Gasteiger partial charge in [0.2, 0.25) is 5.91 Å². The molecule has 3 aromatic rings. The van der Waals surface area contributed by atoms with E-state index in [2.05, 4.69) is 5.32 Å². The summed E-state index contributed by atoms with van der Waals surface area (Å²) in [5.74, 6) is -6.11. The third kappa shape index (κ3) is 10.3. The number of carbonyl (C=O) groups excluding carboxylic acids is 2. The molecule has 1 amide bonds. The highest BCUT2D eigenvalue weighted by molar-refractivity contribution is 5.74. The Morgan fingerprint density at radius 2 is 1.38 bits per heavy atom. The number of ether oxygens (including phenoxy) is 5. The van der Waals surface area contributed by atoms with Crippen LogP contribution in [0.25, 0.3) is 0 Å². The molecule has 0 radical (unpaired) electrons. The zero-order valence-electron chi connectivity index (χ0n) is 26.7. The van der Waals surface area contributed by atoms with Gasteiger partial charge in [0.05, 0.1) is 45.5 Å². The molecule has 0 saturated carbocycles. The first-order valence-electron chi connectivity index (χ1n) is 15.6. The molecular weight excluding hydrogens is 630 g/mol. The molecule has 1 N–H and O–H groups in total. The smallest absolute Gasteiger partial charge is 0.381 e. The Labute approximate surface area is 277 Å². The lowest BCUT2D eigenvalue weighted by molar-refractivity contribution is -0.516. The van der Waals surface area contributed by atoms with E-state index < -0.39 is 65.6 Å². The number of halogens is 2. The van der Waals surface area contributed by atoms with Crippen LogP contribution in [-0.4, -0.2) is 72.4 Å². The van der Waals surface area contributed by atoms with Gasteiger partial charge in [-0.05, 0) is 23.6 Å². The third-order valence-electron chi connectivity index (χ3n) is 7.72. The van der Waals surface area contributed by atoms with Gasteiger partial charge < -0.3 is 29.0 Å². The minimum absolute atomic E-state index is 0.0387. The van der Waals surface area contributed by atoms with Crippen LogP contribution in [0, 0.1) is 10.1 Å². The molecule has 0 aromatic heterocycles. The maximum atomic E-state index is 16.4. The standard InChI is InChI=1S/C35H40F2N2O9/c1-3-45-34(41)28(39(42)43)19-35(36,37)33-30(38-24(2)40)32(47-22-27-17-11-6-12-18-27)31(46-21-26-15-9-5-10-16-26)29(48-33)23-44-20-25-13-7-4-8-14-25/h4-18,28-33H,3,19-23H2,1-2H3,(H,38,40)/t28?,29-,30-,31+,32-,33+/m1/s1. The van der Waals surface area contributed by atoms with Crippen molar-refractivity contribution in [1.29, 1.82) is 0 Å². The van der Waals surface area contributed by atoms with Gasteiger partial charge in [0, 0.05) is 11.8 Å². The summed E-state index contributed by atoms with van der Waals surface area (Å²) in [5, 5.41) is 14.3. The number of nitrogens with zero attached hydrogens (tertiary/aromatic N) is 1. The Bertz CT molecular complexity index is 1450. The molecule has 13 heteroatoms. The number of benzene rings is 3. The topological polar surface area (TPSA) is 135 Å². The van der Waals surface area contributed by atoms with Crippen LogP contribution in [0.5, 0.6) is 0 Å². The summed E-state index contributed by atoms with van der Waals surface area (Å²) in [7, 11) is 0. The minimum atomic E-state index is -4.03. The predicted molar refractivity (Wildman–Crippen MR) is 169 cm³/mol. The molecule has 1 unspecified atom stereocenters. The Balaban J connectivity index is 1.72. The maximum absolute atomic E-state index is 16.4. The molecule has 1 heterocycles. The van der Waals surface area contributed by atoms with Gasteiger partial charge in [0.15, 0.2) is 0 Å². The van der Waals surface area contributed by atoms with Crippen molar-refractivity contribution < 1.29 is 47.0 Å². The highest BCUT2D eigenvalue weighted by atomic mass is 19.3. The number of nitrogens with one attached hydrogen (secondary N) is 1. The average Bonchev–Trinajstić information content (AvgIpc) is 3.07. The Kier molecular flexibility index (Phi) is 13.5. The number of alkyl halides is 2. The van der Waals surface area contributed by atoms with Crippen LogP contribution in [-0.2, 0) is 53.1 Å². The van der Waals surface area contributed by atoms with Crippen LogP contribution in [0.15, 0.2) is 91.0 Å². The number of esters is 1. The fraction of sp³-hybridized carbons (Fsp3) is 0.429. The van der Waals surface area contributed by atoms with Crippen molar-refractivity contribution in [3.8, 4) is 0 Å². The van der Waals surface area contributed by atoms with Gasteiger partial charge in [-0.1, -0.05) is 91.0 Å². The van der Waals surface area contributed by atoms with Gasteiger partial charge in [-0.3, -0.25) is 14.9 Å². The van der Waals surface area contributed by atoms with E-state index in [0.717, 1.165) is 23.6 Å². The highest BCUT2D eigenvalue weighted by Gasteiger charge is 2.59. The molecule has 0 bridgehead atoms. The summed E-state index contributed by atoms with van der Waals surface area (Å²) in [5.41, 5.74) is 2.34. The van der Waals surface area contributed by atoms with Gasteiger partial charge in [-0.2, -0.15) is 0 Å². The van der Waals surface area contributed by atoms with Crippen molar-refractivity contribution in [3.05, 3.63) is 118 Å². The number of carbonyl (C=O) groups is 2. The Morgan fingerprint density at radius 1 is 0.875 bits per heavy atom. The Hall–Kier alpha value is -4.30. The van der Waals surface area contributed by atoms with E-state index in [9.17, 15) is 19.7 Å². The van der Waals surface area contributed by atoms with Crippen molar-refractivity contribution in [3.63, 3.8) is 0 Å². The van der Waals surface area contributed by atoms with Crippen LogP contribution in [0.2, 0.25) is 0 Å². The second kappa shape index (κ2) is 17.7. The maximum Gasteiger partial charge on any atom is 0.381 e. The predicted octanol–water partition coefficient (Wildman–Crippen LogP) is 4.88. The molecule has 258 valence electrons. The third-order valence-corrected chi connectivity index (χ3v) is 7.72. The van der Waals surface area contributed by atoms with Crippen molar-refractivity contribution in [1.82, 2.24) is 5.32 Å². The van der Waals surface area contributed by atoms with Gasteiger partial charge in [0.25, 0.3) is 5.92 Å². The summed E-state index contributed by atoms with van der Waals surface area (Å²) >= 11 is 0. The molecule has 3 aromatic carbocycles. The van der Waals surface area contributed by atoms with Gasteiger partial charge in [-0.25, -0.2) is 13.6 Å². The fourth-order valence-corrected chi connectivity index (χ4v) is 5.49. The molecule has 1 aliphatic rings. The van der Waals surface area contributed by atoms with Crippen LogP contribution < -0.4 is 5.32 Å². The fourth-order valence-electron chi connectivity index (χ4n) is 5.49. The summed E-state index contributed by atoms with van der Waals surface area (Å²) in [6, 6.07) is 23.4. The monoisotopic (exact) mass is 670 g/mol. The zero-order chi connectivity index (χ0) is 34.5. The van der Waals surface area contributed by atoms with E-state index in [1.54, 1.807) is 24.3 Å². The molecule has 1 aliphatic heterocycles. The number of nitro groups is 1. The van der Waals surface area contributed by atoms with Gasteiger partial charge in [0.1, 0.15) is 24.4 Å². The molecule has 1 saturated heterocycles. The van der Waals surface area contributed by atoms with E-state index in [1.165, 1.54) is 6.92 Å². The van der Waals surface area contributed by atoms with E-state index in [-0.39, 0.29) is 33.0 Å². The number of rotatable bonds is 17. The second-order valence-corrected chi connectivity index (χ2v) is 11.4. The zero-order valence-corrected chi connectivity index (χ0v) is 26.7. The van der Waals surface area contributed by atoms with Crippen LogP contribution in [0.1, 0.15) is 37.0 Å².